The largest absolute Gasteiger partial charge is 0.349 e. The van der Waals surface area contributed by atoms with Crippen LogP contribution in [-0.4, -0.2) is 49.8 Å². The van der Waals surface area contributed by atoms with Gasteiger partial charge in [-0.15, -0.1) is 0 Å². The van der Waals surface area contributed by atoms with Gasteiger partial charge in [0.25, 0.3) is 5.91 Å². The average Bonchev–Trinajstić information content (AvgIpc) is 3.54. The zero-order valence-corrected chi connectivity index (χ0v) is 21.1. The lowest BCUT2D eigenvalue weighted by Gasteiger charge is -2.52. The highest BCUT2D eigenvalue weighted by Crippen LogP contribution is 2.48. The molecule has 0 bridgehead atoms. The van der Waals surface area contributed by atoms with Gasteiger partial charge in [-0.3, -0.25) is 14.5 Å². The molecule has 1 amide bonds. The molecule has 9 heteroatoms. The normalized spacial score (nSPS) is 18.6. The first kappa shape index (κ1) is 23.0. The number of piperidine rings is 1. The molecule has 0 radical (unpaired) electrons. The summed E-state index contributed by atoms with van der Waals surface area (Å²) in [6, 6.07) is 9.35. The number of aromatic nitrogens is 5. The first-order valence-electron chi connectivity index (χ1n) is 13.1. The van der Waals surface area contributed by atoms with E-state index in [9.17, 15) is 4.79 Å². The van der Waals surface area contributed by atoms with Crippen LogP contribution in [0, 0.1) is 11.2 Å². The number of carbonyl (C=O) groups is 1. The number of H-pyrrole nitrogens is 1. The lowest BCUT2D eigenvalue weighted by molar-refractivity contribution is 0.0283. The van der Waals surface area contributed by atoms with Gasteiger partial charge in [-0.2, -0.15) is 5.10 Å². The van der Waals surface area contributed by atoms with Crippen molar-refractivity contribution in [3.05, 3.63) is 66.5 Å². The summed E-state index contributed by atoms with van der Waals surface area (Å²) in [7, 11) is 1.85. The van der Waals surface area contributed by atoms with E-state index < -0.39 is 5.82 Å². The van der Waals surface area contributed by atoms with E-state index in [0.29, 0.717) is 27.7 Å². The molecule has 5 aromatic rings. The second-order valence-electron chi connectivity index (χ2n) is 10.6. The summed E-state index contributed by atoms with van der Waals surface area (Å²) in [6.07, 6.45) is 11.0. The van der Waals surface area contributed by atoms with Gasteiger partial charge in [-0.25, -0.2) is 9.37 Å². The molecule has 1 spiro atoms. The number of benzene rings is 1. The van der Waals surface area contributed by atoms with Crippen LogP contribution >= 0.6 is 0 Å². The number of nitrogens with one attached hydrogen (secondary N) is 3. The molecule has 5 heterocycles. The van der Waals surface area contributed by atoms with E-state index in [1.54, 1.807) is 29.2 Å². The van der Waals surface area contributed by atoms with E-state index in [4.69, 9.17) is 0 Å². The molecule has 8 nitrogen and oxygen atoms in total. The monoisotopic (exact) mass is 509 g/mol. The fourth-order valence-electron chi connectivity index (χ4n) is 6.20. The highest BCUT2D eigenvalue weighted by molar-refractivity contribution is 6.13. The van der Waals surface area contributed by atoms with Crippen LogP contribution in [-0.2, 0) is 7.05 Å². The lowest BCUT2D eigenvalue weighted by Crippen LogP contribution is -2.58. The fourth-order valence-corrected chi connectivity index (χ4v) is 6.20. The summed E-state index contributed by atoms with van der Waals surface area (Å²) in [6.45, 7) is 2.03. The molecule has 0 unspecified atom stereocenters. The average molecular weight is 510 g/mol. The maximum atomic E-state index is 15.3. The Morgan fingerprint density at radius 3 is 2.61 bits per heavy atom. The van der Waals surface area contributed by atoms with Gasteiger partial charge in [-0.1, -0.05) is 12.1 Å². The van der Waals surface area contributed by atoms with Crippen molar-refractivity contribution < 1.29 is 9.18 Å². The third-order valence-electron chi connectivity index (χ3n) is 8.47. The molecule has 1 saturated heterocycles. The smallest absolute Gasteiger partial charge is 0.251 e. The predicted molar refractivity (Wildman–Crippen MR) is 144 cm³/mol. The molecule has 192 valence electrons. The number of pyridine rings is 2. The third kappa shape index (κ3) is 3.68. The Kier molecular flexibility index (Phi) is 5.29. The molecule has 38 heavy (non-hydrogen) atoms. The zero-order chi connectivity index (χ0) is 25.9. The summed E-state index contributed by atoms with van der Waals surface area (Å²) >= 11 is 0. The minimum atomic E-state index is -0.419. The number of aromatic amines is 1. The number of fused-ring (bicyclic) bond motifs is 3. The Labute approximate surface area is 218 Å². The minimum absolute atomic E-state index is 0.0706. The molecule has 1 aliphatic heterocycles. The molecule has 4 aromatic heterocycles. The van der Waals surface area contributed by atoms with Crippen molar-refractivity contribution in [1.82, 2.24) is 35.4 Å². The standard InChI is InChI=1S/C29H28FN7O/c1-37-16-19(13-34-37)22-12-20-23(15-32-22)35-27-26(20)25(21(30)14-33-27)17-2-4-18(5-3-17)28(38)36-24-6-7-29(24)8-10-31-11-9-29/h2-5,12-16,24,31H,6-11H2,1H3,(H,33,35)(H,36,38)/t24-/m1/s1. The Morgan fingerprint density at radius 2 is 1.89 bits per heavy atom. The molecule has 2 aliphatic rings. The molecule has 1 saturated carbocycles. The van der Waals surface area contributed by atoms with E-state index in [2.05, 4.69) is 30.7 Å². The summed E-state index contributed by atoms with van der Waals surface area (Å²) in [4.78, 5) is 25.2. The first-order chi connectivity index (χ1) is 18.5. The van der Waals surface area contributed by atoms with Gasteiger partial charge in [0.1, 0.15) is 11.5 Å². The minimum Gasteiger partial charge on any atom is -0.349 e. The first-order valence-corrected chi connectivity index (χ1v) is 13.1. The van der Waals surface area contributed by atoms with Crippen molar-refractivity contribution in [2.75, 3.05) is 13.1 Å². The summed E-state index contributed by atoms with van der Waals surface area (Å²) in [5.41, 5.74) is 4.94. The quantitative estimate of drug-likeness (QED) is 0.329. The van der Waals surface area contributed by atoms with Crippen LogP contribution < -0.4 is 10.6 Å². The number of aryl methyl sites for hydroxylation is 1. The third-order valence-corrected chi connectivity index (χ3v) is 8.47. The van der Waals surface area contributed by atoms with Crippen molar-refractivity contribution in [1.29, 1.82) is 0 Å². The van der Waals surface area contributed by atoms with E-state index >= 15 is 4.39 Å². The Bertz CT molecular complexity index is 1680. The van der Waals surface area contributed by atoms with Gasteiger partial charge in [0.05, 0.1) is 29.8 Å². The number of rotatable bonds is 4. The Balaban J connectivity index is 1.23. The number of hydrogen-bond acceptors (Lipinski definition) is 5. The molecule has 7 rings (SSSR count). The van der Waals surface area contributed by atoms with E-state index in [0.717, 1.165) is 54.5 Å². The van der Waals surface area contributed by atoms with E-state index in [-0.39, 0.29) is 17.4 Å². The van der Waals surface area contributed by atoms with Gasteiger partial charge in [0.2, 0.25) is 0 Å². The van der Waals surface area contributed by atoms with Gasteiger partial charge in [-0.05, 0) is 68.0 Å². The molecular formula is C29H28FN7O. The predicted octanol–water partition coefficient (Wildman–Crippen LogP) is 4.58. The SMILES string of the molecule is Cn1cc(-c2cc3c(cn2)[nH]c2ncc(F)c(-c4ccc(C(=O)N[C@@H]5CCC56CCNCC6)cc4)c23)cn1. The van der Waals surface area contributed by atoms with Crippen LogP contribution in [0.4, 0.5) is 4.39 Å². The number of hydrogen-bond donors (Lipinski definition) is 3. The Morgan fingerprint density at radius 1 is 1.08 bits per heavy atom. The maximum absolute atomic E-state index is 15.3. The number of amides is 1. The molecule has 2 fully saturated rings. The van der Waals surface area contributed by atoms with Crippen LogP contribution in [0.25, 0.3) is 44.3 Å². The fraction of sp³-hybridized carbons (Fsp3) is 0.310. The summed E-state index contributed by atoms with van der Waals surface area (Å²) < 4.78 is 17.1. The summed E-state index contributed by atoms with van der Waals surface area (Å²) in [5, 5.41) is 12.4. The van der Waals surface area contributed by atoms with Crippen molar-refractivity contribution in [2.45, 2.75) is 31.7 Å². The lowest BCUT2D eigenvalue weighted by atomic mass is 9.59. The van der Waals surface area contributed by atoms with Gasteiger partial charge >= 0.3 is 0 Å². The highest BCUT2D eigenvalue weighted by Gasteiger charge is 2.47. The number of nitrogens with zero attached hydrogens (tertiary/aromatic N) is 4. The number of halogens is 1. The van der Waals surface area contributed by atoms with Crippen LogP contribution in [0.15, 0.2) is 55.1 Å². The van der Waals surface area contributed by atoms with Gasteiger partial charge < -0.3 is 15.6 Å². The van der Waals surface area contributed by atoms with Crippen molar-refractivity contribution in [3.63, 3.8) is 0 Å². The zero-order valence-electron chi connectivity index (χ0n) is 21.1. The number of carbonyl (C=O) groups excluding carboxylic acids is 1. The molecular weight excluding hydrogens is 481 g/mol. The van der Waals surface area contributed by atoms with Gasteiger partial charge in [0, 0.05) is 46.7 Å². The second-order valence-corrected chi connectivity index (χ2v) is 10.6. The molecule has 3 N–H and O–H groups in total. The van der Waals surface area contributed by atoms with Crippen LogP contribution in [0.1, 0.15) is 36.0 Å². The van der Waals surface area contributed by atoms with Crippen LogP contribution in [0.5, 0.6) is 0 Å². The summed E-state index contributed by atoms with van der Waals surface area (Å²) in [5.74, 6) is -0.489. The Hall–Kier alpha value is -4.11. The van der Waals surface area contributed by atoms with Gasteiger partial charge in [0.15, 0.2) is 0 Å². The maximum Gasteiger partial charge on any atom is 0.251 e. The molecule has 1 atom stereocenters. The molecule has 1 aromatic carbocycles. The second kappa shape index (κ2) is 8.73. The van der Waals surface area contributed by atoms with Crippen molar-refractivity contribution >= 4 is 27.8 Å². The van der Waals surface area contributed by atoms with Crippen LogP contribution in [0.2, 0.25) is 0 Å². The topological polar surface area (TPSA) is 101 Å². The molecule has 1 aliphatic carbocycles. The van der Waals surface area contributed by atoms with E-state index in [1.807, 2.05) is 31.4 Å². The van der Waals surface area contributed by atoms with E-state index in [1.165, 1.54) is 12.6 Å². The van der Waals surface area contributed by atoms with Crippen LogP contribution in [0.3, 0.4) is 0 Å². The van der Waals surface area contributed by atoms with Crippen molar-refractivity contribution in [3.8, 4) is 22.4 Å². The van der Waals surface area contributed by atoms with Crippen molar-refractivity contribution in [2.24, 2.45) is 12.5 Å². The highest BCUT2D eigenvalue weighted by atomic mass is 19.1.